The predicted molar refractivity (Wildman–Crippen MR) is 120 cm³/mol. The van der Waals surface area contributed by atoms with Gasteiger partial charge in [-0.15, -0.1) is 16.8 Å². The fourth-order valence-corrected chi connectivity index (χ4v) is 3.53. The molecule has 156 valence electrons. The number of allylic oxidation sites excluding steroid dienone is 1. The molecule has 0 aliphatic carbocycles. The molecule has 0 fully saturated rings. The first-order valence-corrected chi connectivity index (χ1v) is 10.8. The maximum atomic E-state index is 12.2. The highest BCUT2D eigenvalue weighted by Crippen LogP contribution is 2.19. The summed E-state index contributed by atoms with van der Waals surface area (Å²) in [6.07, 6.45) is 1.77. The largest absolute Gasteiger partial charge is 0.486 e. The Labute approximate surface area is 185 Å². The Morgan fingerprint density at radius 3 is 2.63 bits per heavy atom. The molecule has 30 heavy (non-hydrogen) atoms. The highest BCUT2D eigenvalue weighted by molar-refractivity contribution is 7.99. The van der Waals surface area contributed by atoms with E-state index in [9.17, 15) is 4.79 Å². The Morgan fingerprint density at radius 1 is 1.20 bits per heavy atom. The zero-order valence-electron chi connectivity index (χ0n) is 16.7. The number of carbonyl (C=O) groups is 1. The minimum atomic E-state index is -0.0828. The summed E-state index contributed by atoms with van der Waals surface area (Å²) in [4.78, 5) is 12.2. The molecule has 1 heterocycles. The second kappa shape index (κ2) is 10.8. The van der Waals surface area contributed by atoms with Crippen molar-refractivity contribution in [2.75, 3.05) is 5.75 Å². The number of rotatable bonds is 10. The van der Waals surface area contributed by atoms with Crippen LogP contribution in [-0.2, 0) is 24.5 Å². The van der Waals surface area contributed by atoms with Crippen LogP contribution >= 0.6 is 23.4 Å². The molecule has 1 N–H and O–H groups in total. The molecular weight excluding hydrogens is 420 g/mol. The lowest BCUT2D eigenvalue weighted by atomic mass is 10.2. The number of benzene rings is 2. The first kappa shape index (κ1) is 21.9. The van der Waals surface area contributed by atoms with Crippen molar-refractivity contribution in [3.63, 3.8) is 0 Å². The van der Waals surface area contributed by atoms with E-state index in [2.05, 4.69) is 22.1 Å². The van der Waals surface area contributed by atoms with Crippen molar-refractivity contribution in [3.05, 3.63) is 83.2 Å². The molecule has 6 nitrogen and oxygen atoms in total. The summed E-state index contributed by atoms with van der Waals surface area (Å²) in [6.45, 7) is 7.09. The number of nitrogens with zero attached hydrogens (tertiary/aromatic N) is 3. The van der Waals surface area contributed by atoms with Gasteiger partial charge in [0, 0.05) is 18.1 Å². The van der Waals surface area contributed by atoms with Crippen LogP contribution in [0.1, 0.15) is 17.0 Å². The number of carbonyl (C=O) groups excluding carboxylic acids is 1. The zero-order chi connectivity index (χ0) is 21.3. The van der Waals surface area contributed by atoms with Gasteiger partial charge in [0.05, 0.1) is 5.75 Å². The number of hydrogen-bond acceptors (Lipinski definition) is 5. The lowest BCUT2D eigenvalue weighted by Crippen LogP contribution is -2.24. The molecule has 0 bridgehead atoms. The van der Waals surface area contributed by atoms with E-state index >= 15 is 0 Å². The van der Waals surface area contributed by atoms with Gasteiger partial charge in [0.1, 0.15) is 12.4 Å². The van der Waals surface area contributed by atoms with Crippen LogP contribution in [0.2, 0.25) is 5.02 Å². The molecule has 2 aromatic carbocycles. The number of aromatic nitrogens is 3. The molecule has 1 aromatic heterocycles. The fraction of sp³-hybridized carbons (Fsp3) is 0.227. The first-order chi connectivity index (χ1) is 14.5. The predicted octanol–water partition coefficient (Wildman–Crippen LogP) is 4.41. The van der Waals surface area contributed by atoms with Gasteiger partial charge < -0.3 is 10.1 Å². The highest BCUT2D eigenvalue weighted by Gasteiger charge is 2.14. The summed E-state index contributed by atoms with van der Waals surface area (Å²) in [5.41, 5.74) is 2.16. The van der Waals surface area contributed by atoms with E-state index in [1.54, 1.807) is 18.2 Å². The molecule has 1 amide bonds. The van der Waals surface area contributed by atoms with Gasteiger partial charge in [0.25, 0.3) is 0 Å². The summed E-state index contributed by atoms with van der Waals surface area (Å²) in [5.74, 6) is 1.60. The van der Waals surface area contributed by atoms with Gasteiger partial charge in [-0.3, -0.25) is 9.36 Å². The Bertz CT molecular complexity index is 987. The average Bonchev–Trinajstić information content (AvgIpc) is 3.13. The normalized spacial score (nSPS) is 10.6. The number of aryl methyl sites for hydroxylation is 1. The van der Waals surface area contributed by atoms with E-state index in [1.165, 1.54) is 17.3 Å². The molecule has 0 spiro atoms. The standard InChI is InChI=1S/C22H23ClN4O2S/c1-3-12-27-20(14-29-19-10-4-16(2)5-11-19)25-26-22(27)30-15-21(28)24-13-17-6-8-18(23)9-7-17/h3-11H,1,12-15H2,2H3,(H,24,28). The van der Waals surface area contributed by atoms with Gasteiger partial charge in [0.2, 0.25) is 5.91 Å². The zero-order valence-corrected chi connectivity index (χ0v) is 18.2. The van der Waals surface area contributed by atoms with E-state index in [0.29, 0.717) is 29.1 Å². The van der Waals surface area contributed by atoms with E-state index in [-0.39, 0.29) is 18.3 Å². The maximum Gasteiger partial charge on any atom is 0.230 e. The van der Waals surface area contributed by atoms with Crippen LogP contribution in [0.5, 0.6) is 5.75 Å². The fourth-order valence-electron chi connectivity index (χ4n) is 2.61. The Kier molecular flexibility index (Phi) is 7.93. The minimum absolute atomic E-state index is 0.0828. The molecule has 0 aliphatic heterocycles. The SMILES string of the molecule is C=CCn1c(COc2ccc(C)cc2)nnc1SCC(=O)NCc1ccc(Cl)cc1. The van der Waals surface area contributed by atoms with Crippen LogP contribution in [0.4, 0.5) is 0 Å². The van der Waals surface area contributed by atoms with Gasteiger partial charge in [0.15, 0.2) is 11.0 Å². The third-order valence-corrected chi connectivity index (χ3v) is 5.45. The number of halogens is 1. The number of amides is 1. The van der Waals surface area contributed by atoms with E-state index in [0.717, 1.165) is 11.3 Å². The van der Waals surface area contributed by atoms with Crippen LogP contribution in [0.3, 0.4) is 0 Å². The second-order valence-electron chi connectivity index (χ2n) is 6.59. The maximum absolute atomic E-state index is 12.2. The van der Waals surface area contributed by atoms with Crippen molar-refractivity contribution in [1.82, 2.24) is 20.1 Å². The Balaban J connectivity index is 1.54. The van der Waals surface area contributed by atoms with Crippen molar-refractivity contribution < 1.29 is 9.53 Å². The molecule has 0 saturated carbocycles. The van der Waals surface area contributed by atoms with E-state index < -0.39 is 0 Å². The molecule has 3 aromatic rings. The molecule has 0 unspecified atom stereocenters. The number of hydrogen-bond donors (Lipinski definition) is 1. The quantitative estimate of drug-likeness (QED) is 0.372. The summed E-state index contributed by atoms with van der Waals surface area (Å²) < 4.78 is 7.71. The lowest BCUT2D eigenvalue weighted by Gasteiger charge is -2.09. The van der Waals surface area contributed by atoms with Gasteiger partial charge >= 0.3 is 0 Å². The summed E-state index contributed by atoms with van der Waals surface area (Å²) in [6, 6.07) is 15.2. The summed E-state index contributed by atoms with van der Waals surface area (Å²) in [7, 11) is 0. The third kappa shape index (κ3) is 6.37. The van der Waals surface area contributed by atoms with Crippen LogP contribution < -0.4 is 10.1 Å². The molecule has 0 aliphatic rings. The van der Waals surface area contributed by atoms with E-state index in [4.69, 9.17) is 16.3 Å². The van der Waals surface area contributed by atoms with Crippen LogP contribution in [0.25, 0.3) is 0 Å². The molecule has 8 heteroatoms. The second-order valence-corrected chi connectivity index (χ2v) is 7.97. The number of nitrogens with one attached hydrogen (secondary N) is 1. The average molecular weight is 443 g/mol. The topological polar surface area (TPSA) is 69.0 Å². The molecule has 0 saturated heterocycles. The van der Waals surface area contributed by atoms with Gasteiger partial charge in [-0.25, -0.2) is 0 Å². The van der Waals surface area contributed by atoms with Crippen molar-refractivity contribution in [2.45, 2.75) is 31.8 Å². The van der Waals surface area contributed by atoms with Crippen LogP contribution in [0.15, 0.2) is 66.3 Å². The van der Waals surface area contributed by atoms with Crippen LogP contribution in [-0.4, -0.2) is 26.4 Å². The smallest absolute Gasteiger partial charge is 0.230 e. The van der Waals surface area contributed by atoms with E-state index in [1.807, 2.05) is 47.9 Å². The molecule has 0 atom stereocenters. The van der Waals surface area contributed by atoms with Crippen molar-refractivity contribution >= 4 is 29.3 Å². The number of ether oxygens (including phenoxy) is 1. The molecule has 3 rings (SSSR count). The van der Waals surface area contributed by atoms with Gasteiger partial charge in [-0.1, -0.05) is 59.3 Å². The third-order valence-electron chi connectivity index (χ3n) is 4.23. The van der Waals surface area contributed by atoms with Gasteiger partial charge in [-0.05, 0) is 36.8 Å². The van der Waals surface area contributed by atoms with Crippen LogP contribution in [0, 0.1) is 6.92 Å². The Morgan fingerprint density at radius 2 is 1.93 bits per heavy atom. The first-order valence-electron chi connectivity index (χ1n) is 9.41. The Hall–Kier alpha value is -2.77. The molecular formula is C22H23ClN4O2S. The monoisotopic (exact) mass is 442 g/mol. The van der Waals surface area contributed by atoms with Gasteiger partial charge in [-0.2, -0.15) is 0 Å². The summed E-state index contributed by atoms with van der Waals surface area (Å²) >= 11 is 7.21. The van der Waals surface area contributed by atoms with Crippen molar-refractivity contribution in [1.29, 1.82) is 0 Å². The van der Waals surface area contributed by atoms with Crippen molar-refractivity contribution in [2.24, 2.45) is 0 Å². The summed E-state index contributed by atoms with van der Waals surface area (Å²) in [5, 5.41) is 12.7. The van der Waals surface area contributed by atoms with Crippen molar-refractivity contribution in [3.8, 4) is 5.75 Å². The highest BCUT2D eigenvalue weighted by atomic mass is 35.5. The lowest BCUT2D eigenvalue weighted by molar-refractivity contribution is -0.118. The number of thioether (sulfide) groups is 1. The minimum Gasteiger partial charge on any atom is -0.486 e. The molecule has 0 radical (unpaired) electrons.